The number of amides is 1. The van der Waals surface area contributed by atoms with Crippen molar-refractivity contribution in [3.8, 4) is 5.75 Å². The molecular weight excluding hydrogens is 326 g/mol. The minimum absolute atomic E-state index is 0.0149. The van der Waals surface area contributed by atoms with E-state index in [1.807, 2.05) is 54.6 Å². The number of carbonyl (C=O) groups is 1. The van der Waals surface area contributed by atoms with E-state index in [4.69, 9.17) is 4.74 Å². The Labute approximate surface area is 155 Å². The first-order valence-corrected chi connectivity index (χ1v) is 9.24. The van der Waals surface area contributed by atoms with Gasteiger partial charge in [0, 0.05) is 13.1 Å². The highest BCUT2D eigenvalue weighted by atomic mass is 16.5. The van der Waals surface area contributed by atoms with Gasteiger partial charge in [0.25, 0.3) is 0 Å². The monoisotopic (exact) mass is 353 g/mol. The number of rotatable bonds is 8. The minimum atomic E-state index is -0.0961. The van der Waals surface area contributed by atoms with E-state index in [9.17, 15) is 4.79 Å². The van der Waals surface area contributed by atoms with Gasteiger partial charge >= 0.3 is 0 Å². The zero-order valence-corrected chi connectivity index (χ0v) is 15.2. The van der Waals surface area contributed by atoms with Crippen LogP contribution in [0.2, 0.25) is 0 Å². The molecule has 3 rings (SSSR count). The van der Waals surface area contributed by atoms with Crippen LogP contribution in [0, 0.1) is 12.8 Å². The quantitative estimate of drug-likeness (QED) is 0.639. The molecule has 138 valence electrons. The third kappa shape index (κ3) is 5.07. The molecule has 0 aliphatic carbocycles. The van der Waals surface area contributed by atoms with Gasteiger partial charge in [-0.2, -0.15) is 0 Å². The van der Waals surface area contributed by atoms with Crippen LogP contribution in [-0.4, -0.2) is 25.6 Å². The van der Waals surface area contributed by atoms with Crippen LogP contribution in [0.4, 0.5) is 0 Å². The summed E-state index contributed by atoms with van der Waals surface area (Å²) >= 11 is 0. The van der Waals surface area contributed by atoms with Crippen molar-refractivity contribution in [2.24, 2.45) is 5.92 Å². The van der Waals surface area contributed by atoms with Gasteiger partial charge in [-0.1, -0.05) is 48.0 Å². The lowest BCUT2D eigenvalue weighted by Crippen LogP contribution is -2.35. The lowest BCUT2D eigenvalue weighted by Gasteiger charge is -2.18. The second kappa shape index (κ2) is 9.36. The van der Waals surface area contributed by atoms with E-state index < -0.39 is 0 Å². The summed E-state index contributed by atoms with van der Waals surface area (Å²) in [7, 11) is 0. The van der Waals surface area contributed by atoms with Gasteiger partial charge in [-0.15, -0.1) is 0 Å². The third-order valence-corrected chi connectivity index (χ3v) is 4.64. The molecule has 1 saturated heterocycles. The molecule has 2 atom stereocenters. The van der Waals surface area contributed by atoms with Crippen molar-refractivity contribution in [3.63, 3.8) is 0 Å². The molecule has 1 aliphatic rings. The molecular formula is C21H27N3O2. The molecule has 26 heavy (non-hydrogen) atoms. The smallest absolute Gasteiger partial charge is 0.226 e. The number of nitrogens with one attached hydrogen (secondary N) is 3. The number of ether oxygens (including phenoxy) is 1. The minimum Gasteiger partial charge on any atom is -0.494 e. The molecule has 1 amide bonds. The summed E-state index contributed by atoms with van der Waals surface area (Å²) in [6.07, 6.45) is 1.82. The summed E-state index contributed by atoms with van der Waals surface area (Å²) in [5.41, 5.74) is 8.67. The molecule has 0 radical (unpaired) electrons. The lowest BCUT2D eigenvalue weighted by molar-refractivity contribution is -0.124. The molecule has 5 heteroatoms. The summed E-state index contributed by atoms with van der Waals surface area (Å²) in [5, 5.41) is 3.06. The maximum Gasteiger partial charge on any atom is 0.226 e. The van der Waals surface area contributed by atoms with Crippen molar-refractivity contribution in [3.05, 3.63) is 65.7 Å². The van der Waals surface area contributed by atoms with Crippen LogP contribution in [0.3, 0.4) is 0 Å². The highest BCUT2D eigenvalue weighted by Gasteiger charge is 2.33. The zero-order valence-electron chi connectivity index (χ0n) is 15.2. The van der Waals surface area contributed by atoms with Crippen molar-refractivity contribution in [2.45, 2.75) is 25.8 Å². The summed E-state index contributed by atoms with van der Waals surface area (Å²) in [4.78, 5) is 12.5. The van der Waals surface area contributed by atoms with Crippen LogP contribution in [-0.2, 0) is 4.79 Å². The fraction of sp³-hybridized carbons (Fsp3) is 0.381. The Hall–Kier alpha value is -2.37. The van der Waals surface area contributed by atoms with Crippen LogP contribution in [0.25, 0.3) is 0 Å². The standard InChI is InChI=1S/C21H27N3O2/c1-16-9-11-18(12-10-16)26-14-6-5-13-22-21(25)19-15-23-24-20(19)17-7-3-2-4-8-17/h2-4,7-12,19-20,23-24H,5-6,13-15H2,1H3,(H,22,25). The van der Waals surface area contributed by atoms with E-state index in [1.54, 1.807) is 0 Å². The topological polar surface area (TPSA) is 62.4 Å². The van der Waals surface area contributed by atoms with Gasteiger partial charge in [-0.25, -0.2) is 5.43 Å². The van der Waals surface area contributed by atoms with Crippen molar-refractivity contribution in [1.82, 2.24) is 16.2 Å². The average molecular weight is 353 g/mol. The Morgan fingerprint density at radius 2 is 1.88 bits per heavy atom. The number of hydrogen-bond donors (Lipinski definition) is 3. The number of aryl methyl sites for hydroxylation is 1. The SMILES string of the molecule is Cc1ccc(OCCCCNC(=O)C2CNNC2c2ccccc2)cc1. The number of carbonyl (C=O) groups excluding carboxylic acids is 1. The van der Waals surface area contributed by atoms with Gasteiger partial charge in [-0.05, 0) is 37.5 Å². The summed E-state index contributed by atoms with van der Waals surface area (Å²) < 4.78 is 5.71. The number of hydrazine groups is 1. The van der Waals surface area contributed by atoms with Crippen molar-refractivity contribution in [1.29, 1.82) is 0 Å². The van der Waals surface area contributed by atoms with Gasteiger partial charge in [0.2, 0.25) is 5.91 Å². The lowest BCUT2D eigenvalue weighted by atomic mass is 9.94. The summed E-state index contributed by atoms with van der Waals surface area (Å²) in [6, 6.07) is 18.2. The molecule has 2 unspecified atom stereocenters. The van der Waals surface area contributed by atoms with Gasteiger partial charge in [0.05, 0.1) is 18.6 Å². The first-order valence-electron chi connectivity index (χ1n) is 9.24. The van der Waals surface area contributed by atoms with E-state index in [2.05, 4.69) is 23.1 Å². The van der Waals surface area contributed by atoms with E-state index in [0.717, 1.165) is 24.2 Å². The Morgan fingerprint density at radius 1 is 1.12 bits per heavy atom. The van der Waals surface area contributed by atoms with Crippen LogP contribution in [0.15, 0.2) is 54.6 Å². The van der Waals surface area contributed by atoms with Gasteiger partial charge in [0.1, 0.15) is 5.75 Å². The van der Waals surface area contributed by atoms with Gasteiger partial charge < -0.3 is 10.1 Å². The third-order valence-electron chi connectivity index (χ3n) is 4.64. The molecule has 0 aromatic heterocycles. The Bertz CT molecular complexity index is 688. The molecule has 2 aromatic carbocycles. The summed E-state index contributed by atoms with van der Waals surface area (Å²) in [6.45, 7) is 4.04. The first-order chi connectivity index (χ1) is 12.7. The highest BCUT2D eigenvalue weighted by Crippen LogP contribution is 2.24. The van der Waals surface area contributed by atoms with Crippen LogP contribution in [0.1, 0.15) is 30.0 Å². The molecule has 1 aliphatic heterocycles. The van der Waals surface area contributed by atoms with E-state index in [1.165, 1.54) is 5.56 Å². The molecule has 1 fully saturated rings. The van der Waals surface area contributed by atoms with Crippen molar-refractivity contribution >= 4 is 5.91 Å². The predicted molar refractivity (Wildman–Crippen MR) is 103 cm³/mol. The number of hydrogen-bond acceptors (Lipinski definition) is 4. The fourth-order valence-electron chi connectivity index (χ4n) is 3.11. The normalized spacial score (nSPS) is 19.3. The molecule has 3 N–H and O–H groups in total. The molecule has 1 heterocycles. The second-order valence-corrected chi connectivity index (χ2v) is 6.68. The van der Waals surface area contributed by atoms with Gasteiger partial charge in [-0.3, -0.25) is 10.2 Å². The molecule has 2 aromatic rings. The molecule has 0 saturated carbocycles. The first kappa shape index (κ1) is 18.4. The molecule has 5 nitrogen and oxygen atoms in total. The van der Waals surface area contributed by atoms with E-state index in [0.29, 0.717) is 19.7 Å². The fourth-order valence-corrected chi connectivity index (χ4v) is 3.11. The highest BCUT2D eigenvalue weighted by molar-refractivity contribution is 5.80. The number of unbranched alkanes of at least 4 members (excludes halogenated alkanes) is 1. The maximum absolute atomic E-state index is 12.5. The average Bonchev–Trinajstić information content (AvgIpc) is 3.16. The van der Waals surface area contributed by atoms with E-state index in [-0.39, 0.29) is 17.9 Å². The molecule has 0 spiro atoms. The molecule has 0 bridgehead atoms. The van der Waals surface area contributed by atoms with Crippen molar-refractivity contribution < 1.29 is 9.53 Å². The summed E-state index contributed by atoms with van der Waals surface area (Å²) in [5.74, 6) is 0.894. The Balaban J connectivity index is 1.35. The number of benzene rings is 2. The van der Waals surface area contributed by atoms with Crippen LogP contribution >= 0.6 is 0 Å². The van der Waals surface area contributed by atoms with Crippen LogP contribution in [0.5, 0.6) is 5.75 Å². The van der Waals surface area contributed by atoms with Gasteiger partial charge in [0.15, 0.2) is 0 Å². The Kier molecular flexibility index (Phi) is 6.63. The zero-order chi connectivity index (χ0) is 18.2. The van der Waals surface area contributed by atoms with E-state index >= 15 is 0 Å². The second-order valence-electron chi connectivity index (χ2n) is 6.68. The van der Waals surface area contributed by atoms with Crippen molar-refractivity contribution in [2.75, 3.05) is 19.7 Å². The van der Waals surface area contributed by atoms with Crippen LogP contribution < -0.4 is 20.9 Å². The predicted octanol–water partition coefficient (Wildman–Crippen LogP) is 2.74. The Morgan fingerprint density at radius 3 is 2.65 bits per heavy atom. The maximum atomic E-state index is 12.5. The largest absolute Gasteiger partial charge is 0.494 e.